The quantitative estimate of drug-likeness (QED) is 0.361. The Bertz CT molecular complexity index is 1190. The van der Waals surface area contributed by atoms with Crippen LogP contribution in [-0.2, 0) is 14.3 Å². The lowest BCUT2D eigenvalue weighted by atomic mass is 9.93. The number of benzene rings is 2. The fourth-order valence-electron chi connectivity index (χ4n) is 4.18. The molecule has 1 amide bonds. The number of carbonyl (C=O) groups excluding carboxylic acids is 2. The van der Waals surface area contributed by atoms with E-state index in [9.17, 15) is 14.7 Å². The molecule has 2 aromatic carbocycles. The first-order valence-corrected chi connectivity index (χ1v) is 9.97. The number of Topliss-reactive ketones (excluding diaryl/α,β-unsaturated/α-hetero) is 1. The molecule has 2 heterocycles. The van der Waals surface area contributed by atoms with Crippen molar-refractivity contribution in [1.82, 2.24) is 9.88 Å². The predicted octanol–water partition coefficient (Wildman–Crippen LogP) is 3.55. The molecule has 1 aliphatic rings. The Morgan fingerprint density at radius 1 is 1.13 bits per heavy atom. The minimum Gasteiger partial charge on any atom is -0.507 e. The van der Waals surface area contributed by atoms with Gasteiger partial charge in [-0.1, -0.05) is 30.3 Å². The minimum absolute atomic E-state index is 0.0576. The third kappa shape index (κ3) is 3.47. The fourth-order valence-corrected chi connectivity index (χ4v) is 4.18. The topological polar surface area (TPSA) is 91.9 Å². The van der Waals surface area contributed by atoms with Crippen LogP contribution in [0.15, 0.2) is 54.1 Å². The lowest BCUT2D eigenvalue weighted by molar-refractivity contribution is -0.140. The zero-order valence-electron chi connectivity index (χ0n) is 17.6. The Labute approximate surface area is 179 Å². The first-order chi connectivity index (χ1) is 15.0. The summed E-state index contributed by atoms with van der Waals surface area (Å²) < 4.78 is 10.4. The summed E-state index contributed by atoms with van der Waals surface area (Å²) in [5.41, 5.74) is 2.98. The number of amides is 1. The highest BCUT2D eigenvalue weighted by molar-refractivity contribution is 6.46. The first kappa shape index (κ1) is 20.7. The van der Waals surface area contributed by atoms with E-state index in [0.29, 0.717) is 11.3 Å². The Kier molecular flexibility index (Phi) is 5.52. The number of hydrogen-bond donors (Lipinski definition) is 2. The van der Waals surface area contributed by atoms with Gasteiger partial charge in [-0.3, -0.25) is 9.59 Å². The molecule has 0 saturated carbocycles. The van der Waals surface area contributed by atoms with Gasteiger partial charge in [0.2, 0.25) is 0 Å². The maximum Gasteiger partial charge on any atom is 0.295 e. The Balaban J connectivity index is 1.96. The summed E-state index contributed by atoms with van der Waals surface area (Å²) in [6.45, 7) is 2.39. The van der Waals surface area contributed by atoms with Gasteiger partial charge in [0, 0.05) is 41.4 Å². The average Bonchev–Trinajstić information content (AvgIpc) is 3.24. The average molecular weight is 420 g/mol. The van der Waals surface area contributed by atoms with E-state index >= 15 is 0 Å². The number of H-pyrrole nitrogens is 1. The molecule has 1 aromatic heterocycles. The van der Waals surface area contributed by atoms with E-state index in [4.69, 9.17) is 9.47 Å². The van der Waals surface area contributed by atoms with Gasteiger partial charge in [-0.15, -0.1) is 0 Å². The van der Waals surface area contributed by atoms with Crippen molar-refractivity contribution in [3.63, 3.8) is 0 Å². The first-order valence-electron chi connectivity index (χ1n) is 9.97. The standard InChI is InChI=1S/C24H24N2O5/c1-14-19(17-9-4-5-10-18(17)25-14)21-20(23(28)24(29)26(21)11-12-30-2)22(27)15-7-6-8-16(13-15)31-3/h4-10,13,21,25,27H,11-12H2,1-3H3/b22-20+. The zero-order chi connectivity index (χ0) is 22.1. The summed E-state index contributed by atoms with van der Waals surface area (Å²) in [5.74, 6) is -1.06. The van der Waals surface area contributed by atoms with E-state index in [1.54, 1.807) is 31.4 Å². The summed E-state index contributed by atoms with van der Waals surface area (Å²) in [7, 11) is 3.07. The molecule has 1 fully saturated rings. The van der Waals surface area contributed by atoms with Crippen molar-refractivity contribution in [1.29, 1.82) is 0 Å². The molecule has 1 unspecified atom stereocenters. The smallest absolute Gasteiger partial charge is 0.295 e. The monoisotopic (exact) mass is 420 g/mol. The number of ether oxygens (including phenoxy) is 2. The van der Waals surface area contributed by atoms with Crippen LogP contribution in [0.1, 0.15) is 22.9 Å². The van der Waals surface area contributed by atoms with Crippen LogP contribution in [-0.4, -0.2) is 54.1 Å². The lowest BCUT2D eigenvalue weighted by Gasteiger charge is -2.25. The molecule has 7 nitrogen and oxygen atoms in total. The number of fused-ring (bicyclic) bond motifs is 1. The second-order valence-corrected chi connectivity index (χ2v) is 7.43. The highest BCUT2D eigenvalue weighted by atomic mass is 16.5. The van der Waals surface area contributed by atoms with E-state index in [-0.39, 0.29) is 24.5 Å². The number of nitrogens with zero attached hydrogens (tertiary/aromatic N) is 1. The molecule has 0 aliphatic carbocycles. The van der Waals surface area contributed by atoms with Gasteiger partial charge in [0.15, 0.2) is 0 Å². The molecule has 1 saturated heterocycles. The van der Waals surface area contributed by atoms with E-state index < -0.39 is 17.7 Å². The third-order valence-electron chi connectivity index (χ3n) is 5.64. The molecule has 1 atom stereocenters. The number of nitrogens with one attached hydrogen (secondary N) is 1. The van der Waals surface area contributed by atoms with Crippen LogP contribution < -0.4 is 4.74 Å². The maximum absolute atomic E-state index is 13.1. The van der Waals surface area contributed by atoms with Gasteiger partial charge in [0.05, 0.1) is 25.3 Å². The molecule has 0 spiro atoms. The molecule has 3 aromatic rings. The highest BCUT2D eigenvalue weighted by Crippen LogP contribution is 2.43. The van der Waals surface area contributed by atoms with Crippen molar-refractivity contribution in [3.05, 3.63) is 70.9 Å². The number of ketones is 1. The van der Waals surface area contributed by atoms with Crippen LogP contribution in [0.5, 0.6) is 5.75 Å². The third-order valence-corrected chi connectivity index (χ3v) is 5.64. The summed E-state index contributed by atoms with van der Waals surface area (Å²) in [6, 6.07) is 13.7. The number of aromatic amines is 1. The van der Waals surface area contributed by atoms with Crippen molar-refractivity contribution in [2.75, 3.05) is 27.4 Å². The van der Waals surface area contributed by atoms with Gasteiger partial charge in [-0.2, -0.15) is 0 Å². The second kappa shape index (κ2) is 8.28. The maximum atomic E-state index is 13.1. The fraction of sp³-hybridized carbons (Fsp3) is 0.250. The molecule has 7 heteroatoms. The molecular formula is C24H24N2O5. The summed E-state index contributed by atoms with van der Waals surface area (Å²) in [5, 5.41) is 12.1. The molecule has 0 radical (unpaired) electrons. The molecular weight excluding hydrogens is 396 g/mol. The largest absolute Gasteiger partial charge is 0.507 e. The molecule has 160 valence electrons. The summed E-state index contributed by atoms with van der Waals surface area (Å²) in [6.07, 6.45) is 0. The molecule has 31 heavy (non-hydrogen) atoms. The molecule has 2 N–H and O–H groups in total. The zero-order valence-corrected chi connectivity index (χ0v) is 17.6. The Hall–Kier alpha value is -3.58. The van der Waals surface area contributed by atoms with Crippen molar-refractivity contribution in [2.45, 2.75) is 13.0 Å². The van der Waals surface area contributed by atoms with Crippen molar-refractivity contribution in [3.8, 4) is 5.75 Å². The van der Waals surface area contributed by atoms with E-state index in [0.717, 1.165) is 22.2 Å². The number of carbonyl (C=O) groups is 2. The van der Waals surface area contributed by atoms with Crippen LogP contribution in [0.25, 0.3) is 16.7 Å². The van der Waals surface area contributed by atoms with Gasteiger partial charge in [0.25, 0.3) is 11.7 Å². The number of para-hydroxylation sites is 1. The van der Waals surface area contributed by atoms with Crippen LogP contribution in [0, 0.1) is 6.92 Å². The Morgan fingerprint density at radius 2 is 1.90 bits per heavy atom. The van der Waals surface area contributed by atoms with Crippen LogP contribution in [0.3, 0.4) is 0 Å². The van der Waals surface area contributed by atoms with Gasteiger partial charge in [-0.25, -0.2) is 0 Å². The van der Waals surface area contributed by atoms with Gasteiger partial charge in [0.1, 0.15) is 11.5 Å². The number of methoxy groups -OCH3 is 2. The van der Waals surface area contributed by atoms with Gasteiger partial charge >= 0.3 is 0 Å². The number of aromatic nitrogens is 1. The summed E-state index contributed by atoms with van der Waals surface area (Å²) in [4.78, 5) is 30.9. The van der Waals surface area contributed by atoms with E-state index in [1.165, 1.54) is 12.0 Å². The second-order valence-electron chi connectivity index (χ2n) is 7.43. The van der Waals surface area contributed by atoms with E-state index in [2.05, 4.69) is 4.98 Å². The van der Waals surface area contributed by atoms with Gasteiger partial charge < -0.3 is 24.5 Å². The summed E-state index contributed by atoms with van der Waals surface area (Å²) >= 11 is 0. The van der Waals surface area contributed by atoms with E-state index in [1.807, 2.05) is 31.2 Å². The highest BCUT2D eigenvalue weighted by Gasteiger charge is 2.47. The lowest BCUT2D eigenvalue weighted by Crippen LogP contribution is -2.32. The Morgan fingerprint density at radius 3 is 2.65 bits per heavy atom. The number of hydrogen-bond acceptors (Lipinski definition) is 5. The van der Waals surface area contributed by atoms with Crippen LogP contribution in [0.4, 0.5) is 0 Å². The minimum atomic E-state index is -0.738. The SMILES string of the molecule is COCCN1C(=O)C(=O)/C(=C(/O)c2cccc(OC)c2)C1c1c(C)[nH]c2ccccc12. The predicted molar refractivity (Wildman–Crippen MR) is 117 cm³/mol. The van der Waals surface area contributed by atoms with Crippen LogP contribution >= 0.6 is 0 Å². The van der Waals surface area contributed by atoms with Crippen molar-refractivity contribution < 1.29 is 24.2 Å². The van der Waals surface area contributed by atoms with Crippen LogP contribution in [0.2, 0.25) is 0 Å². The molecule has 1 aliphatic heterocycles. The number of aliphatic hydroxyl groups excluding tert-OH is 1. The number of likely N-dealkylation sites (tertiary alicyclic amines) is 1. The van der Waals surface area contributed by atoms with Crippen molar-refractivity contribution >= 4 is 28.4 Å². The normalized spacial score (nSPS) is 18.2. The van der Waals surface area contributed by atoms with Crippen molar-refractivity contribution in [2.24, 2.45) is 0 Å². The van der Waals surface area contributed by atoms with Gasteiger partial charge in [-0.05, 0) is 25.1 Å². The number of aliphatic hydroxyl groups is 1. The molecule has 0 bridgehead atoms. The number of aryl methyl sites for hydroxylation is 1. The molecule has 4 rings (SSSR count). The number of rotatable bonds is 6.